The van der Waals surface area contributed by atoms with Gasteiger partial charge >= 0.3 is 0 Å². The van der Waals surface area contributed by atoms with E-state index in [0.717, 1.165) is 24.2 Å². The third-order valence-electron chi connectivity index (χ3n) is 5.99. The minimum atomic E-state index is -3.94. The fourth-order valence-corrected chi connectivity index (χ4v) is 5.29. The highest BCUT2D eigenvalue weighted by atomic mass is 32.2. The molecule has 10 nitrogen and oxygen atoms in total. The lowest BCUT2D eigenvalue weighted by Gasteiger charge is -2.19. The Morgan fingerprint density at radius 1 is 1.26 bits per heavy atom. The lowest BCUT2D eigenvalue weighted by atomic mass is 10.1. The van der Waals surface area contributed by atoms with Crippen LogP contribution in [0.5, 0.6) is 5.75 Å². The first-order valence-electron chi connectivity index (χ1n) is 10.9. The molecule has 178 valence electrons. The van der Waals surface area contributed by atoms with E-state index in [4.69, 9.17) is 9.26 Å². The van der Waals surface area contributed by atoms with Gasteiger partial charge in [-0.2, -0.15) is 5.10 Å². The molecule has 1 atom stereocenters. The molecule has 11 heteroatoms. The van der Waals surface area contributed by atoms with Crippen molar-refractivity contribution in [2.75, 3.05) is 36.4 Å². The van der Waals surface area contributed by atoms with E-state index in [1.165, 1.54) is 13.2 Å². The number of nitrogens with one attached hydrogen (secondary N) is 1. The van der Waals surface area contributed by atoms with Crippen LogP contribution in [-0.2, 0) is 16.6 Å². The van der Waals surface area contributed by atoms with Crippen LogP contribution in [0.4, 0.5) is 11.5 Å². The number of anilines is 2. The molecule has 0 spiro atoms. The Morgan fingerprint density at radius 3 is 2.88 bits per heavy atom. The van der Waals surface area contributed by atoms with Crippen molar-refractivity contribution in [2.45, 2.75) is 17.9 Å². The average molecular weight is 484 g/mol. The van der Waals surface area contributed by atoms with Crippen LogP contribution in [0.15, 0.2) is 64.3 Å². The van der Waals surface area contributed by atoms with Crippen molar-refractivity contribution >= 4 is 32.5 Å². The number of aromatic nitrogens is 3. The van der Waals surface area contributed by atoms with E-state index < -0.39 is 10.0 Å². The second-order valence-electron chi connectivity index (χ2n) is 8.29. The summed E-state index contributed by atoms with van der Waals surface area (Å²) in [5.41, 5.74) is 2.07. The van der Waals surface area contributed by atoms with Crippen molar-refractivity contribution in [3.63, 3.8) is 0 Å². The van der Waals surface area contributed by atoms with Crippen molar-refractivity contribution in [1.82, 2.24) is 14.9 Å². The number of fused-ring (bicyclic) bond motifs is 1. The number of ether oxygens (including phenoxy) is 1. The van der Waals surface area contributed by atoms with Crippen LogP contribution in [-0.4, -0.2) is 55.3 Å². The molecule has 1 unspecified atom stereocenters. The van der Waals surface area contributed by atoms with Crippen LogP contribution in [0.2, 0.25) is 0 Å². The molecule has 5 rings (SSSR count). The smallest absolute Gasteiger partial charge is 0.263 e. The summed E-state index contributed by atoms with van der Waals surface area (Å²) >= 11 is 0. The molecule has 1 aliphatic rings. The minimum absolute atomic E-state index is 0.0596. The van der Waals surface area contributed by atoms with Gasteiger partial charge in [0.05, 0.1) is 18.6 Å². The van der Waals surface area contributed by atoms with Gasteiger partial charge in [-0.15, -0.1) is 0 Å². The van der Waals surface area contributed by atoms with Gasteiger partial charge in [-0.3, -0.25) is 9.40 Å². The number of hydrogen-bond donors (Lipinski definition) is 2. The maximum absolute atomic E-state index is 13.2. The van der Waals surface area contributed by atoms with Crippen LogP contribution in [0.3, 0.4) is 0 Å². The van der Waals surface area contributed by atoms with Crippen molar-refractivity contribution in [1.29, 1.82) is 0 Å². The molecule has 3 heterocycles. The summed E-state index contributed by atoms with van der Waals surface area (Å²) in [4.78, 5) is 2.19. The summed E-state index contributed by atoms with van der Waals surface area (Å²) in [6.45, 7) is 2.09. The molecule has 0 bridgehead atoms. The lowest BCUT2D eigenvalue weighted by Crippen LogP contribution is -2.21. The number of aliphatic hydroxyl groups is 1. The zero-order chi connectivity index (χ0) is 23.7. The molecule has 2 aromatic heterocycles. The summed E-state index contributed by atoms with van der Waals surface area (Å²) in [6.07, 6.45) is 4.41. The van der Waals surface area contributed by atoms with E-state index in [9.17, 15) is 13.5 Å². The van der Waals surface area contributed by atoms with Crippen molar-refractivity contribution in [2.24, 2.45) is 5.92 Å². The predicted molar refractivity (Wildman–Crippen MR) is 127 cm³/mol. The Morgan fingerprint density at radius 2 is 2.15 bits per heavy atom. The Bertz CT molecular complexity index is 1400. The number of aliphatic hydroxyl groups excluding tert-OH is 1. The maximum Gasteiger partial charge on any atom is 0.263 e. The largest absolute Gasteiger partial charge is 0.496 e. The number of rotatable bonds is 8. The quantitative estimate of drug-likeness (QED) is 0.392. The number of sulfonamides is 1. The Hall–Kier alpha value is -3.57. The van der Waals surface area contributed by atoms with Crippen LogP contribution in [0, 0.1) is 5.92 Å². The number of hydrogen-bond acceptors (Lipinski definition) is 8. The molecule has 2 aromatic carbocycles. The highest BCUT2D eigenvalue weighted by Crippen LogP contribution is 2.35. The van der Waals surface area contributed by atoms with Crippen molar-refractivity contribution in [3.8, 4) is 5.75 Å². The number of nitrogens with zero attached hydrogens (tertiary/aromatic N) is 4. The fraction of sp³-hybridized carbons (Fsp3) is 0.304. The first kappa shape index (κ1) is 22.2. The van der Waals surface area contributed by atoms with E-state index in [1.54, 1.807) is 29.1 Å². The van der Waals surface area contributed by atoms with Gasteiger partial charge in [0.1, 0.15) is 11.1 Å². The Labute approximate surface area is 196 Å². The normalized spacial score (nSPS) is 16.3. The number of methoxy groups -OCH3 is 1. The zero-order valence-corrected chi connectivity index (χ0v) is 19.4. The Balaban J connectivity index is 1.43. The SMILES string of the molecule is COc1cc(Cn2cccn2)cc2onc(NS(=O)(=O)c3cccc(N4CCC(CO)C4)c3)c12. The number of benzene rings is 2. The third kappa shape index (κ3) is 4.31. The topological polar surface area (TPSA) is 123 Å². The van der Waals surface area contributed by atoms with Gasteiger partial charge in [-0.05, 0) is 48.4 Å². The minimum Gasteiger partial charge on any atom is -0.496 e. The molecule has 4 aromatic rings. The van der Waals surface area contributed by atoms with Crippen LogP contribution in [0.1, 0.15) is 12.0 Å². The predicted octanol–water partition coefficient (Wildman–Crippen LogP) is 2.70. The summed E-state index contributed by atoms with van der Waals surface area (Å²) in [6, 6.07) is 12.2. The molecule has 0 saturated carbocycles. The van der Waals surface area contributed by atoms with Gasteiger partial charge < -0.3 is 19.3 Å². The van der Waals surface area contributed by atoms with Gasteiger partial charge in [0.2, 0.25) is 0 Å². The van der Waals surface area contributed by atoms with E-state index in [-0.39, 0.29) is 23.2 Å². The summed E-state index contributed by atoms with van der Waals surface area (Å²) in [7, 11) is -2.43. The molecular formula is C23H25N5O5S. The van der Waals surface area contributed by atoms with E-state index in [2.05, 4.69) is 19.9 Å². The standard InChI is InChI=1S/C23H25N5O5S/c1-32-20-10-17(14-28-8-3-7-24-28)11-21-22(20)23(25-33-21)26-34(30,31)19-5-2-4-18(12-19)27-9-6-16(13-27)15-29/h2-5,7-8,10-12,16,29H,6,9,13-15H2,1H3,(H,25,26). The first-order chi connectivity index (χ1) is 16.5. The lowest BCUT2D eigenvalue weighted by molar-refractivity contribution is 0.238. The van der Waals surface area contributed by atoms with Crippen LogP contribution >= 0.6 is 0 Å². The van der Waals surface area contributed by atoms with Gasteiger partial charge in [-0.1, -0.05) is 11.2 Å². The van der Waals surface area contributed by atoms with Gasteiger partial charge in [0.25, 0.3) is 10.0 Å². The highest BCUT2D eigenvalue weighted by Gasteiger charge is 2.25. The molecule has 0 amide bonds. The van der Waals surface area contributed by atoms with E-state index in [0.29, 0.717) is 29.8 Å². The molecule has 1 aliphatic heterocycles. The van der Waals surface area contributed by atoms with Crippen LogP contribution < -0.4 is 14.4 Å². The molecular weight excluding hydrogens is 458 g/mol. The summed E-state index contributed by atoms with van der Waals surface area (Å²) in [5.74, 6) is 0.703. The summed E-state index contributed by atoms with van der Waals surface area (Å²) in [5, 5.41) is 18.0. The highest BCUT2D eigenvalue weighted by molar-refractivity contribution is 7.92. The monoisotopic (exact) mass is 483 g/mol. The molecule has 1 saturated heterocycles. The van der Waals surface area contributed by atoms with Gasteiger partial charge in [0, 0.05) is 43.7 Å². The second kappa shape index (κ2) is 8.99. The zero-order valence-electron chi connectivity index (χ0n) is 18.6. The average Bonchev–Trinajstić information content (AvgIpc) is 3.60. The second-order valence-corrected chi connectivity index (χ2v) is 9.97. The molecule has 34 heavy (non-hydrogen) atoms. The maximum atomic E-state index is 13.2. The summed E-state index contributed by atoms with van der Waals surface area (Å²) < 4.78 is 41.7. The van der Waals surface area contributed by atoms with E-state index in [1.807, 2.05) is 24.4 Å². The van der Waals surface area contributed by atoms with E-state index >= 15 is 0 Å². The van der Waals surface area contributed by atoms with Crippen LogP contribution in [0.25, 0.3) is 11.0 Å². The molecule has 1 fully saturated rings. The molecule has 0 radical (unpaired) electrons. The van der Waals surface area contributed by atoms with Gasteiger partial charge in [0.15, 0.2) is 11.4 Å². The van der Waals surface area contributed by atoms with Crippen molar-refractivity contribution in [3.05, 3.63) is 60.4 Å². The third-order valence-corrected chi connectivity index (χ3v) is 7.33. The fourth-order valence-electron chi connectivity index (χ4n) is 4.24. The molecule has 2 N–H and O–H groups in total. The Kier molecular flexibility index (Phi) is 5.88. The van der Waals surface area contributed by atoms with Gasteiger partial charge in [-0.25, -0.2) is 8.42 Å². The van der Waals surface area contributed by atoms with Crippen molar-refractivity contribution < 1.29 is 22.8 Å². The molecule has 0 aliphatic carbocycles. The first-order valence-corrected chi connectivity index (χ1v) is 12.4.